The molecule has 1 saturated heterocycles. The molecule has 0 atom stereocenters. The minimum absolute atomic E-state index is 0.0881. The van der Waals surface area contributed by atoms with Gasteiger partial charge in [0.2, 0.25) is 0 Å². The fourth-order valence-electron chi connectivity index (χ4n) is 2.23. The highest BCUT2D eigenvalue weighted by atomic mass is 79.9. The number of benzene rings is 1. The van der Waals surface area contributed by atoms with E-state index in [-0.39, 0.29) is 5.91 Å². The molecule has 20 heavy (non-hydrogen) atoms. The normalized spacial score (nSPS) is 17.9. The first-order valence-electron chi connectivity index (χ1n) is 6.31. The van der Waals surface area contributed by atoms with Crippen molar-refractivity contribution in [3.05, 3.63) is 33.3 Å². The Bertz CT molecular complexity index is 553. The number of likely N-dealkylation sites (tertiary alicyclic amines) is 1. The maximum atomic E-state index is 12.4. The number of piperidine rings is 1. The number of amides is 1. The lowest BCUT2D eigenvalue weighted by Crippen LogP contribution is -2.45. The minimum atomic E-state index is -0.793. The molecule has 0 bridgehead atoms. The molecule has 0 spiro atoms. The van der Waals surface area contributed by atoms with E-state index in [1.165, 1.54) is 0 Å². The lowest BCUT2D eigenvalue weighted by Gasteiger charge is -2.36. The zero-order chi connectivity index (χ0) is 14.9. The topological polar surface area (TPSA) is 57.6 Å². The molecule has 6 heteroatoms. The van der Waals surface area contributed by atoms with E-state index in [1.54, 1.807) is 30.0 Å². The molecular weight excluding hydrogens is 346 g/mol. The molecule has 2 rings (SSSR count). The number of nitrogens with zero attached hydrogens (tertiary/aromatic N) is 1. The third kappa shape index (κ3) is 2.99. The average molecular weight is 361 g/mol. The largest absolute Gasteiger partial charge is 0.481 e. The van der Waals surface area contributed by atoms with Gasteiger partial charge in [-0.2, -0.15) is 0 Å². The molecule has 1 amide bonds. The third-order valence-electron chi connectivity index (χ3n) is 3.84. The van der Waals surface area contributed by atoms with Gasteiger partial charge >= 0.3 is 5.97 Å². The molecule has 0 aromatic heterocycles. The monoisotopic (exact) mass is 359 g/mol. The summed E-state index contributed by atoms with van der Waals surface area (Å²) in [7, 11) is 0. The van der Waals surface area contributed by atoms with Crippen LogP contribution in [0.3, 0.4) is 0 Å². The predicted octanol–water partition coefficient (Wildman–Crippen LogP) is 3.43. The molecule has 1 N–H and O–H groups in total. The van der Waals surface area contributed by atoms with E-state index in [0.717, 1.165) is 0 Å². The van der Waals surface area contributed by atoms with E-state index < -0.39 is 11.4 Å². The predicted molar refractivity (Wildman–Crippen MR) is 80.0 cm³/mol. The van der Waals surface area contributed by atoms with Crippen LogP contribution in [0.25, 0.3) is 0 Å². The van der Waals surface area contributed by atoms with E-state index in [0.29, 0.717) is 41.0 Å². The third-order valence-corrected chi connectivity index (χ3v) is 5.05. The van der Waals surface area contributed by atoms with Gasteiger partial charge in [-0.1, -0.05) is 11.6 Å². The number of carbonyl (C=O) groups is 2. The molecule has 1 fully saturated rings. The second-order valence-electron chi connectivity index (χ2n) is 5.29. The summed E-state index contributed by atoms with van der Waals surface area (Å²) in [5, 5.41) is 9.74. The molecule has 1 aliphatic heterocycles. The van der Waals surface area contributed by atoms with Gasteiger partial charge in [-0.25, -0.2) is 0 Å². The van der Waals surface area contributed by atoms with Gasteiger partial charge in [0.15, 0.2) is 0 Å². The molecule has 0 saturated carbocycles. The standard InChI is InChI=1S/C14H15BrClNO3/c1-14(13(19)20)4-6-17(7-5-14)12(18)9-2-3-11(16)10(15)8-9/h2-3,8H,4-7H2,1H3,(H,19,20). The van der Waals surface area contributed by atoms with Crippen LogP contribution >= 0.6 is 27.5 Å². The first kappa shape index (κ1) is 15.3. The van der Waals surface area contributed by atoms with Crippen molar-refractivity contribution in [1.29, 1.82) is 0 Å². The van der Waals surface area contributed by atoms with Gasteiger partial charge in [-0.05, 0) is 53.9 Å². The Kier molecular flexibility index (Phi) is 4.39. The van der Waals surface area contributed by atoms with Crippen molar-refractivity contribution in [1.82, 2.24) is 4.90 Å². The molecule has 1 aromatic carbocycles. The smallest absolute Gasteiger partial charge is 0.309 e. The maximum Gasteiger partial charge on any atom is 0.309 e. The van der Waals surface area contributed by atoms with Crippen LogP contribution in [-0.4, -0.2) is 35.0 Å². The summed E-state index contributed by atoms with van der Waals surface area (Å²) in [5.41, 5.74) is -0.169. The van der Waals surface area contributed by atoms with E-state index in [2.05, 4.69) is 15.9 Å². The van der Waals surface area contributed by atoms with Crippen molar-refractivity contribution >= 4 is 39.4 Å². The zero-order valence-corrected chi connectivity index (χ0v) is 13.4. The van der Waals surface area contributed by atoms with E-state index in [1.807, 2.05) is 0 Å². The molecule has 0 unspecified atom stereocenters. The van der Waals surface area contributed by atoms with Crippen LogP contribution in [0.1, 0.15) is 30.1 Å². The van der Waals surface area contributed by atoms with Crippen molar-refractivity contribution in [3.63, 3.8) is 0 Å². The molecule has 1 heterocycles. The summed E-state index contributed by atoms with van der Waals surface area (Å²) < 4.78 is 0.678. The van der Waals surface area contributed by atoms with Gasteiger partial charge in [-0.15, -0.1) is 0 Å². The number of carbonyl (C=O) groups excluding carboxylic acids is 1. The van der Waals surface area contributed by atoms with Crippen LogP contribution in [0.5, 0.6) is 0 Å². The van der Waals surface area contributed by atoms with Gasteiger partial charge in [0.1, 0.15) is 0 Å². The van der Waals surface area contributed by atoms with Gasteiger partial charge in [-0.3, -0.25) is 9.59 Å². The van der Waals surface area contributed by atoms with E-state index >= 15 is 0 Å². The Hall–Kier alpha value is -1.07. The summed E-state index contributed by atoms with van der Waals surface area (Å²) in [6.07, 6.45) is 0.950. The van der Waals surface area contributed by atoms with E-state index in [4.69, 9.17) is 11.6 Å². The lowest BCUT2D eigenvalue weighted by atomic mass is 9.80. The van der Waals surface area contributed by atoms with E-state index in [9.17, 15) is 14.7 Å². The number of halogens is 2. The van der Waals surface area contributed by atoms with Crippen LogP contribution in [-0.2, 0) is 4.79 Å². The van der Waals surface area contributed by atoms with Crippen molar-refractivity contribution < 1.29 is 14.7 Å². The molecular formula is C14H15BrClNO3. The van der Waals surface area contributed by atoms with Crippen LogP contribution in [0.15, 0.2) is 22.7 Å². The molecule has 1 aliphatic rings. The first-order chi connectivity index (χ1) is 9.33. The SMILES string of the molecule is CC1(C(=O)O)CCN(C(=O)c2ccc(Cl)c(Br)c2)CC1. The summed E-state index contributed by atoms with van der Waals surface area (Å²) in [4.78, 5) is 25.2. The average Bonchev–Trinajstić information content (AvgIpc) is 2.42. The number of carboxylic acid groups (broad SMARTS) is 1. The van der Waals surface area contributed by atoms with Crippen molar-refractivity contribution in [2.45, 2.75) is 19.8 Å². The molecule has 0 radical (unpaired) electrons. The molecule has 0 aliphatic carbocycles. The summed E-state index contributed by atoms with van der Waals surface area (Å²) in [5.74, 6) is -0.881. The van der Waals surface area contributed by atoms with Crippen molar-refractivity contribution in [2.24, 2.45) is 5.41 Å². The van der Waals surface area contributed by atoms with Crippen LogP contribution in [0, 0.1) is 5.41 Å². The minimum Gasteiger partial charge on any atom is -0.481 e. The highest BCUT2D eigenvalue weighted by Crippen LogP contribution is 2.32. The van der Waals surface area contributed by atoms with Crippen LogP contribution < -0.4 is 0 Å². The van der Waals surface area contributed by atoms with Crippen molar-refractivity contribution in [2.75, 3.05) is 13.1 Å². The van der Waals surface area contributed by atoms with Gasteiger partial charge in [0, 0.05) is 23.1 Å². The first-order valence-corrected chi connectivity index (χ1v) is 7.48. The molecule has 108 valence electrons. The Morgan fingerprint density at radius 2 is 1.95 bits per heavy atom. The zero-order valence-electron chi connectivity index (χ0n) is 11.0. The van der Waals surface area contributed by atoms with Crippen LogP contribution in [0.2, 0.25) is 5.02 Å². The Balaban J connectivity index is 2.08. The highest BCUT2D eigenvalue weighted by molar-refractivity contribution is 9.10. The number of aliphatic carboxylic acids is 1. The summed E-state index contributed by atoms with van der Waals surface area (Å²) in [6, 6.07) is 5.04. The number of rotatable bonds is 2. The Labute approximate surface area is 130 Å². The molecule has 4 nitrogen and oxygen atoms in total. The second-order valence-corrected chi connectivity index (χ2v) is 6.55. The Morgan fingerprint density at radius 3 is 2.45 bits per heavy atom. The fraction of sp³-hybridized carbons (Fsp3) is 0.429. The van der Waals surface area contributed by atoms with Gasteiger partial charge < -0.3 is 10.0 Å². The number of hydrogen-bond donors (Lipinski definition) is 1. The summed E-state index contributed by atoms with van der Waals surface area (Å²) >= 11 is 9.20. The lowest BCUT2D eigenvalue weighted by molar-refractivity contribution is -0.150. The van der Waals surface area contributed by atoms with Crippen molar-refractivity contribution in [3.8, 4) is 0 Å². The van der Waals surface area contributed by atoms with Crippen LogP contribution in [0.4, 0.5) is 0 Å². The summed E-state index contributed by atoms with van der Waals surface area (Å²) in [6.45, 7) is 2.65. The maximum absolute atomic E-state index is 12.4. The quantitative estimate of drug-likeness (QED) is 0.879. The van der Waals surface area contributed by atoms with Gasteiger partial charge in [0.05, 0.1) is 10.4 Å². The highest BCUT2D eigenvalue weighted by Gasteiger charge is 2.38. The Morgan fingerprint density at radius 1 is 1.35 bits per heavy atom. The number of carboxylic acids is 1. The number of hydrogen-bond acceptors (Lipinski definition) is 2. The van der Waals surface area contributed by atoms with Gasteiger partial charge in [0.25, 0.3) is 5.91 Å². The molecule has 1 aromatic rings. The second kappa shape index (κ2) is 5.74. The fourth-order valence-corrected chi connectivity index (χ4v) is 2.73.